The van der Waals surface area contributed by atoms with Crippen molar-refractivity contribution in [3.8, 4) is 0 Å². The topological polar surface area (TPSA) is 46.1 Å². The number of rotatable bonds is 4. The molecule has 1 aromatic rings. The second kappa shape index (κ2) is 3.80. The van der Waals surface area contributed by atoms with Gasteiger partial charge in [0.05, 0.1) is 0 Å². The third-order valence-electron chi connectivity index (χ3n) is 2.49. The Hall–Kier alpha value is -1.35. The Morgan fingerprint density at radius 2 is 2.14 bits per heavy atom. The molecule has 0 bridgehead atoms. The SMILES string of the molecule is NC(=O)CC1CN1Cc1ccccc1. The Bertz CT molecular complexity index is 323. The lowest BCUT2D eigenvalue weighted by Crippen LogP contribution is -2.15. The molecule has 14 heavy (non-hydrogen) atoms. The molecular weight excluding hydrogens is 176 g/mol. The summed E-state index contributed by atoms with van der Waals surface area (Å²) in [6.07, 6.45) is 0.493. The van der Waals surface area contributed by atoms with Crippen LogP contribution >= 0.6 is 0 Å². The van der Waals surface area contributed by atoms with Crippen LogP contribution in [0.15, 0.2) is 30.3 Å². The summed E-state index contributed by atoms with van der Waals surface area (Å²) in [5.74, 6) is -0.203. The summed E-state index contributed by atoms with van der Waals surface area (Å²) >= 11 is 0. The van der Waals surface area contributed by atoms with E-state index < -0.39 is 0 Å². The van der Waals surface area contributed by atoms with Crippen LogP contribution in [-0.2, 0) is 11.3 Å². The van der Waals surface area contributed by atoms with Crippen LogP contribution in [0.1, 0.15) is 12.0 Å². The molecule has 2 N–H and O–H groups in total. The summed E-state index contributed by atoms with van der Waals surface area (Å²) in [5.41, 5.74) is 6.41. The van der Waals surface area contributed by atoms with Gasteiger partial charge in [-0.3, -0.25) is 9.69 Å². The molecular formula is C11H14N2O. The predicted octanol–water partition coefficient (Wildman–Crippen LogP) is 0.746. The molecule has 0 spiro atoms. The van der Waals surface area contributed by atoms with Crippen molar-refractivity contribution in [1.29, 1.82) is 0 Å². The molecule has 0 saturated carbocycles. The van der Waals surface area contributed by atoms with Crippen LogP contribution in [0.2, 0.25) is 0 Å². The number of primary amides is 1. The van der Waals surface area contributed by atoms with Gasteiger partial charge < -0.3 is 5.73 Å². The smallest absolute Gasteiger partial charge is 0.219 e. The molecule has 1 saturated heterocycles. The van der Waals surface area contributed by atoms with Crippen molar-refractivity contribution in [2.75, 3.05) is 6.54 Å². The van der Waals surface area contributed by atoms with Gasteiger partial charge in [0.25, 0.3) is 0 Å². The maximum atomic E-state index is 10.6. The molecule has 0 aromatic heterocycles. The zero-order valence-corrected chi connectivity index (χ0v) is 8.02. The van der Waals surface area contributed by atoms with E-state index in [1.807, 2.05) is 18.2 Å². The lowest BCUT2D eigenvalue weighted by molar-refractivity contribution is -0.118. The highest BCUT2D eigenvalue weighted by atomic mass is 16.1. The van der Waals surface area contributed by atoms with E-state index in [0.717, 1.165) is 13.1 Å². The average Bonchev–Trinajstić information content (AvgIpc) is 2.84. The van der Waals surface area contributed by atoms with Crippen molar-refractivity contribution in [3.63, 3.8) is 0 Å². The fourth-order valence-electron chi connectivity index (χ4n) is 1.66. The number of carbonyl (C=O) groups excluding carboxylic acids is 1. The highest BCUT2D eigenvalue weighted by Crippen LogP contribution is 2.23. The van der Waals surface area contributed by atoms with Crippen molar-refractivity contribution in [2.45, 2.75) is 19.0 Å². The minimum Gasteiger partial charge on any atom is -0.370 e. The Balaban J connectivity index is 1.82. The number of hydrogen-bond donors (Lipinski definition) is 1. The van der Waals surface area contributed by atoms with E-state index in [9.17, 15) is 4.79 Å². The predicted molar refractivity (Wildman–Crippen MR) is 54.5 cm³/mol. The zero-order valence-electron chi connectivity index (χ0n) is 8.02. The fraction of sp³-hybridized carbons (Fsp3) is 0.364. The molecule has 2 atom stereocenters. The van der Waals surface area contributed by atoms with Gasteiger partial charge in [-0.15, -0.1) is 0 Å². The van der Waals surface area contributed by atoms with Crippen LogP contribution in [0.5, 0.6) is 0 Å². The Kier molecular flexibility index (Phi) is 2.50. The molecule has 0 aliphatic carbocycles. The molecule has 2 rings (SSSR count). The number of carbonyl (C=O) groups is 1. The van der Waals surface area contributed by atoms with Crippen LogP contribution in [0.3, 0.4) is 0 Å². The van der Waals surface area contributed by atoms with Gasteiger partial charge in [0.2, 0.25) is 5.91 Å². The Labute approximate surface area is 83.5 Å². The highest BCUT2D eigenvalue weighted by molar-refractivity contribution is 5.74. The number of nitrogens with two attached hydrogens (primary N) is 1. The number of amides is 1. The molecule has 1 heterocycles. The largest absolute Gasteiger partial charge is 0.370 e. The molecule has 1 aliphatic rings. The first-order valence-corrected chi connectivity index (χ1v) is 4.82. The molecule has 1 fully saturated rings. The first-order valence-electron chi connectivity index (χ1n) is 4.82. The third kappa shape index (κ3) is 2.33. The van der Waals surface area contributed by atoms with Crippen molar-refractivity contribution < 1.29 is 4.79 Å². The molecule has 74 valence electrons. The van der Waals surface area contributed by atoms with E-state index >= 15 is 0 Å². The summed E-state index contributed by atoms with van der Waals surface area (Å²) in [5, 5.41) is 0. The monoisotopic (exact) mass is 190 g/mol. The minimum atomic E-state index is -0.203. The summed E-state index contributed by atoms with van der Waals surface area (Å²) < 4.78 is 0. The minimum absolute atomic E-state index is 0.203. The van der Waals surface area contributed by atoms with Gasteiger partial charge >= 0.3 is 0 Å². The summed E-state index contributed by atoms with van der Waals surface area (Å²) in [4.78, 5) is 12.9. The third-order valence-corrected chi connectivity index (χ3v) is 2.49. The van der Waals surface area contributed by atoms with Crippen LogP contribution in [0.25, 0.3) is 0 Å². The van der Waals surface area contributed by atoms with Gasteiger partial charge in [-0.2, -0.15) is 0 Å². The van der Waals surface area contributed by atoms with Gasteiger partial charge in [0, 0.05) is 25.6 Å². The maximum absolute atomic E-state index is 10.6. The summed E-state index contributed by atoms with van der Waals surface area (Å²) in [7, 11) is 0. The first kappa shape index (κ1) is 9.21. The number of benzene rings is 1. The van der Waals surface area contributed by atoms with E-state index in [4.69, 9.17) is 5.73 Å². The van der Waals surface area contributed by atoms with Gasteiger partial charge in [-0.25, -0.2) is 0 Å². The standard InChI is InChI=1S/C11H14N2O/c12-11(14)6-10-8-13(10)7-9-4-2-1-3-5-9/h1-5,10H,6-8H2,(H2,12,14). The van der Waals surface area contributed by atoms with E-state index in [2.05, 4.69) is 17.0 Å². The second-order valence-corrected chi connectivity index (χ2v) is 3.74. The summed E-state index contributed by atoms with van der Waals surface area (Å²) in [6.45, 7) is 1.93. The van der Waals surface area contributed by atoms with Gasteiger partial charge in [0.1, 0.15) is 0 Å². The van der Waals surface area contributed by atoms with E-state index in [1.54, 1.807) is 0 Å². The van der Waals surface area contributed by atoms with Crippen LogP contribution in [0.4, 0.5) is 0 Å². The lowest BCUT2D eigenvalue weighted by Gasteiger charge is -2.02. The highest BCUT2D eigenvalue weighted by Gasteiger charge is 2.34. The van der Waals surface area contributed by atoms with Crippen molar-refractivity contribution >= 4 is 5.91 Å². The molecule has 1 aromatic carbocycles. The van der Waals surface area contributed by atoms with Crippen LogP contribution in [0, 0.1) is 0 Å². The molecule has 3 heteroatoms. The van der Waals surface area contributed by atoms with Crippen molar-refractivity contribution in [1.82, 2.24) is 4.90 Å². The molecule has 1 aliphatic heterocycles. The van der Waals surface area contributed by atoms with E-state index in [1.165, 1.54) is 5.56 Å². The maximum Gasteiger partial charge on any atom is 0.219 e. The van der Waals surface area contributed by atoms with Gasteiger partial charge in [0.15, 0.2) is 0 Å². The normalized spacial score (nSPS) is 24.6. The van der Waals surface area contributed by atoms with Crippen LogP contribution < -0.4 is 5.73 Å². The Morgan fingerprint density at radius 3 is 2.79 bits per heavy atom. The first-order chi connectivity index (χ1) is 6.75. The lowest BCUT2D eigenvalue weighted by atomic mass is 10.2. The molecule has 2 unspecified atom stereocenters. The van der Waals surface area contributed by atoms with E-state index in [-0.39, 0.29) is 5.91 Å². The average molecular weight is 190 g/mol. The Morgan fingerprint density at radius 1 is 1.43 bits per heavy atom. The molecule has 1 amide bonds. The van der Waals surface area contributed by atoms with E-state index in [0.29, 0.717) is 12.5 Å². The summed E-state index contributed by atoms with van der Waals surface area (Å²) in [6, 6.07) is 10.6. The van der Waals surface area contributed by atoms with Gasteiger partial charge in [-0.05, 0) is 5.56 Å². The second-order valence-electron chi connectivity index (χ2n) is 3.74. The number of hydrogen-bond acceptors (Lipinski definition) is 2. The molecule has 3 nitrogen and oxygen atoms in total. The quantitative estimate of drug-likeness (QED) is 0.712. The van der Waals surface area contributed by atoms with Crippen molar-refractivity contribution in [2.24, 2.45) is 5.73 Å². The van der Waals surface area contributed by atoms with Gasteiger partial charge in [-0.1, -0.05) is 30.3 Å². The number of nitrogens with zero attached hydrogens (tertiary/aromatic N) is 1. The van der Waals surface area contributed by atoms with Crippen LogP contribution in [-0.4, -0.2) is 23.4 Å². The molecule has 0 radical (unpaired) electrons. The fourth-order valence-corrected chi connectivity index (χ4v) is 1.66. The van der Waals surface area contributed by atoms with Crippen molar-refractivity contribution in [3.05, 3.63) is 35.9 Å². The zero-order chi connectivity index (χ0) is 9.97.